The number of halogens is 1. The molecule has 1 aliphatic carbocycles. The summed E-state index contributed by atoms with van der Waals surface area (Å²) in [5.74, 6) is -1.12. The van der Waals surface area contributed by atoms with Crippen molar-refractivity contribution in [3.63, 3.8) is 0 Å². The maximum absolute atomic E-state index is 12.4. The fourth-order valence-corrected chi connectivity index (χ4v) is 3.42. The lowest BCUT2D eigenvalue weighted by molar-refractivity contribution is -0.139. The highest BCUT2D eigenvalue weighted by molar-refractivity contribution is 6.31. The molecule has 0 N–H and O–H groups in total. The van der Waals surface area contributed by atoms with Crippen molar-refractivity contribution >= 4 is 40.0 Å². The van der Waals surface area contributed by atoms with Gasteiger partial charge in [-0.1, -0.05) is 11.6 Å². The number of nitrogens with zero attached hydrogens (tertiary/aromatic N) is 2. The molecule has 8 heteroatoms. The summed E-state index contributed by atoms with van der Waals surface area (Å²) in [5.41, 5.74) is 1.32. The summed E-state index contributed by atoms with van der Waals surface area (Å²) in [6.07, 6.45) is 0.836. The standard InChI is InChI=1S/C22H17ClN2O5/c1-12(22(28)21-18(26)8-9-19(21)27)29-14-3-5-15(6-4-14)30-20-11-24-17-10-13(23)2-7-16(17)25-20/h2-7,10-12,21H,8-9H2,1H3. The van der Waals surface area contributed by atoms with Gasteiger partial charge in [0.05, 0.1) is 17.2 Å². The number of carbonyl (C=O) groups excluding carboxylic acids is 3. The first kappa shape index (κ1) is 20.0. The number of ketones is 3. The number of hydrogen-bond donors (Lipinski definition) is 0. The van der Waals surface area contributed by atoms with E-state index in [4.69, 9.17) is 21.1 Å². The molecule has 1 fully saturated rings. The Morgan fingerprint density at radius 2 is 1.70 bits per heavy atom. The second-order valence-corrected chi connectivity index (χ2v) is 7.38. The van der Waals surface area contributed by atoms with Gasteiger partial charge in [0.15, 0.2) is 23.5 Å². The largest absolute Gasteiger partial charge is 0.483 e. The molecule has 0 amide bonds. The lowest BCUT2D eigenvalue weighted by atomic mass is 9.97. The highest BCUT2D eigenvalue weighted by atomic mass is 35.5. The third-order valence-electron chi connectivity index (χ3n) is 4.79. The lowest BCUT2D eigenvalue weighted by Gasteiger charge is -2.16. The summed E-state index contributed by atoms with van der Waals surface area (Å²) >= 11 is 5.94. The van der Waals surface area contributed by atoms with Crippen LogP contribution in [0.5, 0.6) is 17.4 Å². The number of fused-ring (bicyclic) bond motifs is 1. The van der Waals surface area contributed by atoms with Crippen molar-refractivity contribution in [3.8, 4) is 17.4 Å². The minimum Gasteiger partial charge on any atom is -0.483 e. The van der Waals surface area contributed by atoms with E-state index in [-0.39, 0.29) is 24.4 Å². The quantitative estimate of drug-likeness (QED) is 0.552. The van der Waals surface area contributed by atoms with Gasteiger partial charge in [-0.25, -0.2) is 9.97 Å². The van der Waals surface area contributed by atoms with Crippen LogP contribution in [0, 0.1) is 5.92 Å². The SMILES string of the molecule is CC(Oc1ccc(Oc2cnc3cc(Cl)ccc3n2)cc1)C(=O)C1C(=O)CCC1=O. The van der Waals surface area contributed by atoms with Crippen LogP contribution in [0.4, 0.5) is 0 Å². The first-order chi connectivity index (χ1) is 14.4. The zero-order chi connectivity index (χ0) is 21.3. The van der Waals surface area contributed by atoms with Gasteiger partial charge >= 0.3 is 0 Å². The van der Waals surface area contributed by atoms with Crippen LogP contribution < -0.4 is 9.47 Å². The molecule has 0 aliphatic heterocycles. The molecule has 0 saturated heterocycles. The minimum absolute atomic E-state index is 0.124. The van der Waals surface area contributed by atoms with Gasteiger partial charge in [0.1, 0.15) is 17.4 Å². The molecule has 4 rings (SSSR count). The van der Waals surface area contributed by atoms with Crippen LogP contribution in [0.2, 0.25) is 5.02 Å². The molecule has 7 nitrogen and oxygen atoms in total. The van der Waals surface area contributed by atoms with Crippen molar-refractivity contribution in [1.82, 2.24) is 9.97 Å². The van der Waals surface area contributed by atoms with E-state index >= 15 is 0 Å². The van der Waals surface area contributed by atoms with Crippen LogP contribution in [0.3, 0.4) is 0 Å². The van der Waals surface area contributed by atoms with Gasteiger partial charge in [-0.2, -0.15) is 0 Å². The topological polar surface area (TPSA) is 95.4 Å². The molecule has 3 aromatic rings. The average molecular weight is 425 g/mol. The predicted molar refractivity (Wildman–Crippen MR) is 109 cm³/mol. The number of carbonyl (C=O) groups is 3. The summed E-state index contributed by atoms with van der Waals surface area (Å²) in [5, 5.41) is 0.579. The Labute approximate surface area is 177 Å². The molecular weight excluding hydrogens is 408 g/mol. The van der Waals surface area contributed by atoms with Gasteiger partial charge in [0.25, 0.3) is 0 Å². The molecule has 0 spiro atoms. The first-order valence-corrected chi connectivity index (χ1v) is 9.74. The van der Waals surface area contributed by atoms with Gasteiger partial charge in [0, 0.05) is 17.9 Å². The summed E-state index contributed by atoms with van der Waals surface area (Å²) < 4.78 is 11.3. The molecule has 1 saturated carbocycles. The second-order valence-electron chi connectivity index (χ2n) is 6.94. The Hall–Kier alpha value is -3.32. The smallest absolute Gasteiger partial charge is 0.238 e. The third-order valence-corrected chi connectivity index (χ3v) is 5.02. The molecule has 1 unspecified atom stereocenters. The average Bonchev–Trinajstić information content (AvgIpc) is 3.07. The Morgan fingerprint density at radius 3 is 2.40 bits per heavy atom. The van der Waals surface area contributed by atoms with E-state index in [1.807, 2.05) is 0 Å². The van der Waals surface area contributed by atoms with Crippen LogP contribution in [-0.4, -0.2) is 33.4 Å². The normalized spacial score (nSPS) is 15.4. The monoisotopic (exact) mass is 424 g/mol. The van der Waals surface area contributed by atoms with Gasteiger partial charge in [-0.15, -0.1) is 0 Å². The van der Waals surface area contributed by atoms with E-state index < -0.39 is 17.8 Å². The molecule has 2 aromatic carbocycles. The molecule has 1 atom stereocenters. The second kappa shape index (κ2) is 8.20. The Kier molecular flexibility index (Phi) is 5.46. The summed E-state index contributed by atoms with van der Waals surface area (Å²) in [6, 6.07) is 11.8. The third kappa shape index (κ3) is 4.16. The summed E-state index contributed by atoms with van der Waals surface area (Å²) in [6.45, 7) is 1.53. The van der Waals surface area contributed by atoms with Crippen LogP contribution in [0.15, 0.2) is 48.7 Å². The van der Waals surface area contributed by atoms with E-state index in [0.29, 0.717) is 33.4 Å². The van der Waals surface area contributed by atoms with Crippen LogP contribution in [0.25, 0.3) is 11.0 Å². The lowest BCUT2D eigenvalue weighted by Crippen LogP contribution is -2.35. The number of benzene rings is 2. The number of aromatic nitrogens is 2. The van der Waals surface area contributed by atoms with Crippen LogP contribution in [-0.2, 0) is 14.4 Å². The molecule has 1 aliphatic rings. The molecular formula is C22H17ClN2O5. The van der Waals surface area contributed by atoms with E-state index in [0.717, 1.165) is 0 Å². The molecule has 30 heavy (non-hydrogen) atoms. The van der Waals surface area contributed by atoms with Crippen molar-refractivity contribution < 1.29 is 23.9 Å². The van der Waals surface area contributed by atoms with E-state index in [9.17, 15) is 14.4 Å². The van der Waals surface area contributed by atoms with Gasteiger partial charge < -0.3 is 9.47 Å². The fraction of sp³-hybridized carbons (Fsp3) is 0.227. The zero-order valence-electron chi connectivity index (χ0n) is 16.0. The zero-order valence-corrected chi connectivity index (χ0v) is 16.8. The van der Waals surface area contributed by atoms with Gasteiger partial charge in [0.2, 0.25) is 5.88 Å². The van der Waals surface area contributed by atoms with Crippen molar-refractivity contribution in [2.75, 3.05) is 0 Å². The number of ether oxygens (including phenoxy) is 2. The first-order valence-electron chi connectivity index (χ1n) is 9.37. The Balaban J connectivity index is 1.41. The van der Waals surface area contributed by atoms with Gasteiger partial charge in [-0.3, -0.25) is 14.4 Å². The summed E-state index contributed by atoms with van der Waals surface area (Å²) in [4.78, 5) is 44.6. The predicted octanol–water partition coefficient (Wildman–Crippen LogP) is 3.96. The van der Waals surface area contributed by atoms with E-state index in [2.05, 4.69) is 9.97 Å². The van der Waals surface area contributed by atoms with E-state index in [1.54, 1.807) is 42.5 Å². The van der Waals surface area contributed by atoms with Crippen molar-refractivity contribution in [3.05, 3.63) is 53.7 Å². The number of hydrogen-bond acceptors (Lipinski definition) is 7. The Morgan fingerprint density at radius 1 is 1.03 bits per heavy atom. The number of Topliss-reactive ketones (excluding diaryl/α,β-unsaturated/α-hetero) is 3. The van der Waals surface area contributed by atoms with Crippen molar-refractivity contribution in [2.24, 2.45) is 5.92 Å². The maximum Gasteiger partial charge on any atom is 0.238 e. The molecule has 152 valence electrons. The fourth-order valence-electron chi connectivity index (χ4n) is 3.25. The molecule has 0 radical (unpaired) electrons. The Bertz CT molecular complexity index is 1130. The van der Waals surface area contributed by atoms with E-state index in [1.165, 1.54) is 13.1 Å². The van der Waals surface area contributed by atoms with Gasteiger partial charge in [-0.05, 0) is 49.4 Å². The van der Waals surface area contributed by atoms with Crippen LogP contribution >= 0.6 is 11.6 Å². The van der Waals surface area contributed by atoms with Crippen molar-refractivity contribution in [2.45, 2.75) is 25.9 Å². The highest BCUT2D eigenvalue weighted by Crippen LogP contribution is 2.26. The maximum atomic E-state index is 12.4. The number of rotatable bonds is 6. The minimum atomic E-state index is -1.19. The van der Waals surface area contributed by atoms with Crippen LogP contribution in [0.1, 0.15) is 19.8 Å². The highest BCUT2D eigenvalue weighted by Gasteiger charge is 2.41. The molecule has 1 heterocycles. The molecule has 0 bridgehead atoms. The molecule has 1 aromatic heterocycles. The summed E-state index contributed by atoms with van der Waals surface area (Å²) in [7, 11) is 0. The van der Waals surface area contributed by atoms with Crippen molar-refractivity contribution in [1.29, 1.82) is 0 Å².